The topological polar surface area (TPSA) is 9.23 Å². The van der Waals surface area contributed by atoms with Gasteiger partial charge in [0.1, 0.15) is 11.6 Å². The van der Waals surface area contributed by atoms with E-state index >= 15 is 0 Å². The maximum atomic E-state index is 13.2. The van der Waals surface area contributed by atoms with Crippen LogP contribution in [0.25, 0.3) is 0 Å². The summed E-state index contributed by atoms with van der Waals surface area (Å²) in [6, 6.07) is 8.14. The third-order valence-electron chi connectivity index (χ3n) is 3.13. The SMILES string of the molecule is CCOc1cc(Cl)c(C(Br)c2ccc(F)cc2C)cc1Cl. The molecule has 2 rings (SSSR count). The summed E-state index contributed by atoms with van der Waals surface area (Å²) in [4.78, 5) is -0.168. The van der Waals surface area contributed by atoms with E-state index in [4.69, 9.17) is 27.9 Å². The van der Waals surface area contributed by atoms with Gasteiger partial charge in [-0.3, -0.25) is 0 Å². The van der Waals surface area contributed by atoms with Gasteiger partial charge in [0.15, 0.2) is 0 Å². The van der Waals surface area contributed by atoms with Crippen molar-refractivity contribution in [1.82, 2.24) is 0 Å². The minimum Gasteiger partial charge on any atom is -0.492 e. The Balaban J connectivity index is 2.43. The molecule has 1 unspecified atom stereocenters. The van der Waals surface area contributed by atoms with E-state index < -0.39 is 0 Å². The van der Waals surface area contributed by atoms with Gasteiger partial charge in [0.05, 0.1) is 16.5 Å². The van der Waals surface area contributed by atoms with Gasteiger partial charge in [0.2, 0.25) is 0 Å². The van der Waals surface area contributed by atoms with Gasteiger partial charge >= 0.3 is 0 Å². The summed E-state index contributed by atoms with van der Waals surface area (Å²) in [7, 11) is 0. The molecule has 5 heteroatoms. The number of rotatable bonds is 4. The van der Waals surface area contributed by atoms with Gasteiger partial charge in [-0.25, -0.2) is 4.39 Å². The number of alkyl halides is 1. The number of hydrogen-bond donors (Lipinski definition) is 0. The number of halogens is 4. The zero-order chi connectivity index (χ0) is 15.6. The van der Waals surface area contributed by atoms with E-state index in [1.54, 1.807) is 18.2 Å². The summed E-state index contributed by atoms with van der Waals surface area (Å²) in [6.07, 6.45) is 0. The molecule has 1 nitrogen and oxygen atoms in total. The first-order valence-electron chi connectivity index (χ1n) is 6.46. The zero-order valence-electron chi connectivity index (χ0n) is 11.6. The van der Waals surface area contributed by atoms with Crippen molar-refractivity contribution in [3.63, 3.8) is 0 Å². The van der Waals surface area contributed by atoms with Gasteiger partial charge in [-0.1, -0.05) is 45.2 Å². The van der Waals surface area contributed by atoms with Crippen molar-refractivity contribution in [2.24, 2.45) is 0 Å². The largest absolute Gasteiger partial charge is 0.492 e. The standard InChI is InChI=1S/C16H14BrCl2FO/c1-3-21-15-8-13(18)12(7-14(15)19)16(17)11-5-4-10(20)6-9(11)2/h4-8,16H,3H2,1-2H3. The minimum absolute atomic E-state index is 0.168. The van der Waals surface area contributed by atoms with Crippen molar-refractivity contribution in [3.8, 4) is 5.75 Å². The van der Waals surface area contributed by atoms with E-state index in [0.29, 0.717) is 22.4 Å². The Morgan fingerprint density at radius 2 is 1.86 bits per heavy atom. The third kappa shape index (κ3) is 3.71. The van der Waals surface area contributed by atoms with E-state index in [-0.39, 0.29) is 10.6 Å². The predicted octanol–water partition coefficient (Wildman–Crippen LogP) is 6.32. The maximum absolute atomic E-state index is 13.2. The third-order valence-corrected chi connectivity index (χ3v) is 4.74. The van der Waals surface area contributed by atoms with Gasteiger partial charge in [-0.05, 0) is 48.7 Å². The van der Waals surface area contributed by atoms with Crippen LogP contribution in [-0.2, 0) is 0 Å². The molecule has 0 saturated carbocycles. The van der Waals surface area contributed by atoms with Crippen molar-refractivity contribution >= 4 is 39.1 Å². The Bertz CT molecular complexity index is 661. The lowest BCUT2D eigenvalue weighted by atomic mass is 10.00. The fourth-order valence-electron chi connectivity index (χ4n) is 2.10. The molecule has 21 heavy (non-hydrogen) atoms. The highest BCUT2D eigenvalue weighted by atomic mass is 79.9. The van der Waals surface area contributed by atoms with E-state index in [2.05, 4.69) is 15.9 Å². The lowest BCUT2D eigenvalue weighted by Crippen LogP contribution is -1.99. The normalized spacial score (nSPS) is 12.3. The summed E-state index contributed by atoms with van der Waals surface area (Å²) in [5.74, 6) is 0.301. The highest BCUT2D eigenvalue weighted by molar-refractivity contribution is 9.09. The molecular weight excluding hydrogens is 378 g/mol. The van der Waals surface area contributed by atoms with Crippen LogP contribution in [0.1, 0.15) is 28.4 Å². The van der Waals surface area contributed by atoms with Gasteiger partial charge in [-0.15, -0.1) is 0 Å². The lowest BCUT2D eigenvalue weighted by Gasteiger charge is -2.17. The molecule has 0 spiro atoms. The molecule has 0 bridgehead atoms. The number of benzene rings is 2. The summed E-state index contributed by atoms with van der Waals surface area (Å²) in [5.41, 5.74) is 2.61. The first kappa shape index (κ1) is 16.6. The molecule has 2 aromatic rings. The van der Waals surface area contributed by atoms with Crippen LogP contribution >= 0.6 is 39.1 Å². The molecule has 0 radical (unpaired) electrons. The van der Waals surface area contributed by atoms with Crippen LogP contribution in [-0.4, -0.2) is 6.61 Å². The Kier molecular flexibility index (Phi) is 5.53. The molecule has 0 N–H and O–H groups in total. The van der Waals surface area contributed by atoms with E-state index in [9.17, 15) is 4.39 Å². The number of aryl methyl sites for hydroxylation is 1. The van der Waals surface area contributed by atoms with Crippen LogP contribution in [0.3, 0.4) is 0 Å². The summed E-state index contributed by atoms with van der Waals surface area (Å²) in [6.45, 7) is 4.26. The predicted molar refractivity (Wildman–Crippen MR) is 89.5 cm³/mol. The van der Waals surface area contributed by atoms with E-state index in [0.717, 1.165) is 16.7 Å². The molecule has 0 aromatic heterocycles. The van der Waals surface area contributed by atoms with Crippen LogP contribution in [0.4, 0.5) is 4.39 Å². The monoisotopic (exact) mass is 390 g/mol. The fraction of sp³-hybridized carbons (Fsp3) is 0.250. The molecule has 0 aliphatic carbocycles. The molecule has 0 amide bonds. The molecule has 0 heterocycles. The quantitative estimate of drug-likeness (QED) is 0.553. The van der Waals surface area contributed by atoms with E-state index in [1.165, 1.54) is 12.1 Å². The molecule has 112 valence electrons. The van der Waals surface area contributed by atoms with Crippen LogP contribution in [0.2, 0.25) is 10.0 Å². The Hall–Kier alpha value is -0.770. The first-order valence-corrected chi connectivity index (χ1v) is 8.13. The summed E-state index contributed by atoms with van der Waals surface area (Å²) >= 11 is 16.1. The Morgan fingerprint density at radius 1 is 1.14 bits per heavy atom. The summed E-state index contributed by atoms with van der Waals surface area (Å²) < 4.78 is 18.6. The van der Waals surface area contributed by atoms with Crippen molar-refractivity contribution < 1.29 is 9.13 Å². The smallest absolute Gasteiger partial charge is 0.139 e. The van der Waals surface area contributed by atoms with Crippen LogP contribution in [0.5, 0.6) is 5.75 Å². The molecule has 0 saturated heterocycles. The molecule has 0 aliphatic rings. The first-order chi connectivity index (χ1) is 9.93. The molecule has 2 aromatic carbocycles. The second-order valence-corrected chi connectivity index (χ2v) is 6.33. The summed E-state index contributed by atoms with van der Waals surface area (Å²) in [5, 5.41) is 1.05. The fourth-order valence-corrected chi connectivity index (χ4v) is 3.61. The van der Waals surface area contributed by atoms with Crippen LogP contribution in [0.15, 0.2) is 30.3 Å². The highest BCUT2D eigenvalue weighted by Gasteiger charge is 2.18. The molecular formula is C16H14BrCl2FO. The molecule has 1 atom stereocenters. The average molecular weight is 392 g/mol. The second kappa shape index (κ2) is 6.99. The van der Waals surface area contributed by atoms with Crippen molar-refractivity contribution in [2.45, 2.75) is 18.7 Å². The Labute approximate surface area is 142 Å². The number of ether oxygens (including phenoxy) is 1. The lowest BCUT2D eigenvalue weighted by molar-refractivity contribution is 0.340. The average Bonchev–Trinajstić information content (AvgIpc) is 2.42. The highest BCUT2D eigenvalue weighted by Crippen LogP contribution is 2.41. The Morgan fingerprint density at radius 3 is 2.48 bits per heavy atom. The second-order valence-electron chi connectivity index (χ2n) is 4.60. The maximum Gasteiger partial charge on any atom is 0.139 e. The van der Waals surface area contributed by atoms with Gasteiger partial charge in [-0.2, -0.15) is 0 Å². The van der Waals surface area contributed by atoms with Crippen LogP contribution < -0.4 is 4.74 Å². The molecule has 0 fully saturated rings. The van der Waals surface area contributed by atoms with Gasteiger partial charge in [0.25, 0.3) is 0 Å². The minimum atomic E-state index is -0.258. The van der Waals surface area contributed by atoms with Gasteiger partial charge < -0.3 is 4.74 Å². The van der Waals surface area contributed by atoms with E-state index in [1.807, 2.05) is 13.8 Å². The van der Waals surface area contributed by atoms with Gasteiger partial charge in [0, 0.05) is 11.1 Å². The van der Waals surface area contributed by atoms with Crippen LogP contribution in [0, 0.1) is 12.7 Å². The van der Waals surface area contributed by atoms with Crippen molar-refractivity contribution in [3.05, 3.63) is 62.9 Å². The number of hydrogen-bond acceptors (Lipinski definition) is 1. The zero-order valence-corrected chi connectivity index (χ0v) is 14.7. The van der Waals surface area contributed by atoms with Crippen molar-refractivity contribution in [2.75, 3.05) is 6.61 Å². The molecule has 0 aliphatic heterocycles. The van der Waals surface area contributed by atoms with Crippen molar-refractivity contribution in [1.29, 1.82) is 0 Å².